The second kappa shape index (κ2) is 5.33. The predicted molar refractivity (Wildman–Crippen MR) is 80.6 cm³/mol. The lowest BCUT2D eigenvalue weighted by atomic mass is 10.2. The fourth-order valence-corrected chi connectivity index (χ4v) is 2.61. The fraction of sp³-hybridized carbons (Fsp3) is 0.0769. The minimum absolute atomic E-state index is 0.171. The first-order valence-corrected chi connectivity index (χ1v) is 6.96. The van der Waals surface area contributed by atoms with E-state index >= 15 is 0 Å². The van der Waals surface area contributed by atoms with E-state index in [1.807, 2.05) is 19.1 Å². The zero-order valence-electron chi connectivity index (χ0n) is 11.1. The number of carbonyl (C=O) groups is 1. The molecule has 2 heterocycles. The van der Waals surface area contributed by atoms with Crippen LogP contribution in [0, 0.1) is 6.92 Å². The molecule has 0 atom stereocenters. The number of carbonyl (C=O) groups excluding carboxylic acids is 1. The molecule has 7 nitrogen and oxygen atoms in total. The van der Waals surface area contributed by atoms with Gasteiger partial charge in [-0.05, 0) is 47.7 Å². The molecule has 0 spiro atoms. The lowest BCUT2D eigenvalue weighted by molar-refractivity contribution is 0.103. The van der Waals surface area contributed by atoms with Crippen LogP contribution in [0.4, 0.5) is 11.4 Å². The number of rotatable bonds is 3. The van der Waals surface area contributed by atoms with Crippen LogP contribution in [-0.4, -0.2) is 26.1 Å². The second-order valence-electron chi connectivity index (χ2n) is 4.38. The SMILES string of the molecule is Cc1sc(C(=O)Nc2ccc(-n3cnnn3)cc2)cc1N. The summed E-state index contributed by atoms with van der Waals surface area (Å²) in [6, 6.07) is 8.91. The summed E-state index contributed by atoms with van der Waals surface area (Å²) in [5.41, 5.74) is 7.90. The van der Waals surface area contributed by atoms with Crippen LogP contribution in [0.5, 0.6) is 0 Å². The van der Waals surface area contributed by atoms with E-state index in [0.717, 1.165) is 10.6 Å². The maximum Gasteiger partial charge on any atom is 0.265 e. The number of hydrogen-bond acceptors (Lipinski definition) is 6. The molecule has 0 fully saturated rings. The van der Waals surface area contributed by atoms with Crippen LogP contribution in [0.2, 0.25) is 0 Å². The van der Waals surface area contributed by atoms with Crippen molar-refractivity contribution >= 4 is 28.6 Å². The van der Waals surface area contributed by atoms with Crippen LogP contribution in [-0.2, 0) is 0 Å². The zero-order chi connectivity index (χ0) is 14.8. The van der Waals surface area contributed by atoms with Gasteiger partial charge in [-0.25, -0.2) is 4.68 Å². The van der Waals surface area contributed by atoms with E-state index in [1.54, 1.807) is 18.2 Å². The summed E-state index contributed by atoms with van der Waals surface area (Å²) in [5.74, 6) is -0.171. The van der Waals surface area contributed by atoms with Gasteiger partial charge in [-0.2, -0.15) is 0 Å². The standard InChI is InChI=1S/C13H12N6OS/c1-8-11(14)6-12(21-8)13(20)16-9-2-4-10(5-3-9)19-7-15-17-18-19/h2-7H,14H2,1H3,(H,16,20). The number of anilines is 2. The minimum atomic E-state index is -0.171. The van der Waals surface area contributed by atoms with Crippen LogP contribution in [0.1, 0.15) is 14.5 Å². The molecule has 1 amide bonds. The Morgan fingerprint density at radius 3 is 2.67 bits per heavy atom. The first kappa shape index (κ1) is 13.3. The summed E-state index contributed by atoms with van der Waals surface area (Å²) in [4.78, 5) is 13.6. The highest BCUT2D eigenvalue weighted by atomic mass is 32.1. The van der Waals surface area contributed by atoms with Gasteiger partial charge >= 0.3 is 0 Å². The van der Waals surface area contributed by atoms with Gasteiger partial charge in [0.2, 0.25) is 0 Å². The number of amides is 1. The number of thiophene rings is 1. The highest BCUT2D eigenvalue weighted by Crippen LogP contribution is 2.24. The molecular formula is C13H12N6OS. The van der Waals surface area contributed by atoms with E-state index in [9.17, 15) is 4.79 Å². The van der Waals surface area contributed by atoms with Crippen LogP contribution < -0.4 is 11.1 Å². The fourth-order valence-electron chi connectivity index (χ4n) is 1.78. The first-order chi connectivity index (χ1) is 10.1. The third-order valence-corrected chi connectivity index (χ3v) is 3.98. The lowest BCUT2D eigenvalue weighted by Gasteiger charge is -2.04. The first-order valence-electron chi connectivity index (χ1n) is 6.14. The summed E-state index contributed by atoms with van der Waals surface area (Å²) < 4.78 is 1.54. The van der Waals surface area contributed by atoms with Gasteiger partial charge in [0.15, 0.2) is 0 Å². The molecule has 0 bridgehead atoms. The van der Waals surface area contributed by atoms with Crippen molar-refractivity contribution in [3.63, 3.8) is 0 Å². The van der Waals surface area contributed by atoms with Gasteiger partial charge in [-0.15, -0.1) is 16.4 Å². The normalized spacial score (nSPS) is 10.5. The molecule has 0 aliphatic heterocycles. The van der Waals surface area contributed by atoms with E-state index in [1.165, 1.54) is 22.3 Å². The molecule has 2 aromatic heterocycles. The number of aryl methyl sites for hydroxylation is 1. The van der Waals surface area contributed by atoms with E-state index in [4.69, 9.17) is 5.73 Å². The Balaban J connectivity index is 1.74. The summed E-state index contributed by atoms with van der Waals surface area (Å²) in [5, 5.41) is 13.8. The maximum absolute atomic E-state index is 12.1. The van der Waals surface area contributed by atoms with Crippen molar-refractivity contribution in [2.45, 2.75) is 6.92 Å². The van der Waals surface area contributed by atoms with Crippen molar-refractivity contribution in [1.29, 1.82) is 0 Å². The largest absolute Gasteiger partial charge is 0.398 e. The number of tetrazole rings is 1. The molecule has 3 N–H and O–H groups in total. The highest BCUT2D eigenvalue weighted by molar-refractivity contribution is 7.14. The summed E-state index contributed by atoms with van der Waals surface area (Å²) >= 11 is 1.38. The minimum Gasteiger partial charge on any atom is -0.398 e. The van der Waals surface area contributed by atoms with Crippen molar-refractivity contribution in [3.8, 4) is 5.69 Å². The number of benzene rings is 1. The smallest absolute Gasteiger partial charge is 0.265 e. The molecule has 106 valence electrons. The summed E-state index contributed by atoms with van der Waals surface area (Å²) in [6.45, 7) is 1.89. The van der Waals surface area contributed by atoms with E-state index in [2.05, 4.69) is 20.8 Å². The highest BCUT2D eigenvalue weighted by Gasteiger charge is 2.11. The van der Waals surface area contributed by atoms with Gasteiger partial charge in [0, 0.05) is 16.3 Å². The Bertz CT molecular complexity index is 743. The monoisotopic (exact) mass is 300 g/mol. The number of nitrogens with one attached hydrogen (secondary N) is 1. The maximum atomic E-state index is 12.1. The van der Waals surface area contributed by atoms with Crippen LogP contribution in [0.15, 0.2) is 36.7 Å². The lowest BCUT2D eigenvalue weighted by Crippen LogP contribution is -2.10. The van der Waals surface area contributed by atoms with Crippen molar-refractivity contribution in [3.05, 3.63) is 46.4 Å². The van der Waals surface area contributed by atoms with Crippen molar-refractivity contribution in [2.75, 3.05) is 11.1 Å². The number of nitrogen functional groups attached to an aromatic ring is 1. The molecule has 0 aliphatic carbocycles. The molecule has 0 aliphatic rings. The predicted octanol–water partition coefficient (Wildman–Crippen LogP) is 1.87. The van der Waals surface area contributed by atoms with Crippen molar-refractivity contribution in [1.82, 2.24) is 20.2 Å². The Labute approximate surface area is 124 Å². The van der Waals surface area contributed by atoms with E-state index in [-0.39, 0.29) is 5.91 Å². The molecule has 0 saturated carbocycles. The van der Waals surface area contributed by atoms with Gasteiger partial charge < -0.3 is 11.1 Å². The van der Waals surface area contributed by atoms with Crippen molar-refractivity contribution in [2.24, 2.45) is 0 Å². The average Bonchev–Trinajstić information content (AvgIpc) is 3.11. The molecule has 8 heteroatoms. The van der Waals surface area contributed by atoms with Gasteiger partial charge in [-0.1, -0.05) is 0 Å². The molecule has 0 unspecified atom stereocenters. The Kier molecular flexibility index (Phi) is 3.36. The van der Waals surface area contributed by atoms with Gasteiger partial charge in [0.05, 0.1) is 10.6 Å². The third kappa shape index (κ3) is 2.75. The van der Waals surface area contributed by atoms with E-state index < -0.39 is 0 Å². The molecule has 0 radical (unpaired) electrons. The Hall–Kier alpha value is -2.74. The topological polar surface area (TPSA) is 98.7 Å². The zero-order valence-corrected chi connectivity index (χ0v) is 12.0. The molecular weight excluding hydrogens is 288 g/mol. The van der Waals surface area contributed by atoms with Gasteiger partial charge in [0.25, 0.3) is 5.91 Å². The van der Waals surface area contributed by atoms with Crippen LogP contribution in [0.25, 0.3) is 5.69 Å². The van der Waals surface area contributed by atoms with Crippen LogP contribution >= 0.6 is 11.3 Å². The summed E-state index contributed by atoms with van der Waals surface area (Å²) in [6.07, 6.45) is 1.50. The number of aromatic nitrogens is 4. The molecule has 0 saturated heterocycles. The molecule has 21 heavy (non-hydrogen) atoms. The molecule has 3 rings (SSSR count). The van der Waals surface area contributed by atoms with Gasteiger partial charge in [0.1, 0.15) is 6.33 Å². The van der Waals surface area contributed by atoms with Gasteiger partial charge in [-0.3, -0.25) is 4.79 Å². The molecule has 3 aromatic rings. The van der Waals surface area contributed by atoms with Crippen molar-refractivity contribution < 1.29 is 4.79 Å². The van der Waals surface area contributed by atoms with Crippen LogP contribution in [0.3, 0.4) is 0 Å². The second-order valence-corrected chi connectivity index (χ2v) is 5.63. The third-order valence-electron chi connectivity index (χ3n) is 2.92. The number of nitrogens with zero attached hydrogens (tertiary/aromatic N) is 4. The summed E-state index contributed by atoms with van der Waals surface area (Å²) in [7, 11) is 0. The number of nitrogens with two attached hydrogens (primary N) is 1. The number of hydrogen-bond donors (Lipinski definition) is 2. The quantitative estimate of drug-likeness (QED) is 0.769. The Morgan fingerprint density at radius 2 is 2.10 bits per heavy atom. The average molecular weight is 300 g/mol. The Morgan fingerprint density at radius 1 is 1.33 bits per heavy atom. The van der Waals surface area contributed by atoms with E-state index in [0.29, 0.717) is 16.3 Å². The molecule has 1 aromatic carbocycles.